The van der Waals surface area contributed by atoms with Crippen LogP contribution in [0.1, 0.15) is 48.4 Å². The van der Waals surface area contributed by atoms with E-state index in [2.05, 4.69) is 10.1 Å². The Morgan fingerprint density at radius 1 is 1.26 bits per heavy atom. The second-order valence-corrected chi connectivity index (χ2v) is 8.96. The Kier molecular flexibility index (Phi) is 4.33. The Labute approximate surface area is 178 Å². The number of nitriles is 1. The third-order valence-electron chi connectivity index (χ3n) is 6.58. The van der Waals surface area contributed by atoms with Gasteiger partial charge in [0.1, 0.15) is 17.7 Å². The molecule has 0 N–H and O–H groups in total. The van der Waals surface area contributed by atoms with E-state index in [4.69, 9.17) is 10.00 Å². The van der Waals surface area contributed by atoms with E-state index < -0.39 is 23.1 Å². The van der Waals surface area contributed by atoms with Gasteiger partial charge >= 0.3 is 0 Å². The molecule has 0 radical (unpaired) electrons. The molecule has 2 bridgehead atoms. The monoisotopic (exact) mass is 422 g/mol. The highest BCUT2D eigenvalue weighted by atomic mass is 19.1. The maximum atomic E-state index is 13.7. The van der Waals surface area contributed by atoms with Gasteiger partial charge < -0.3 is 4.74 Å². The largest absolute Gasteiger partial charge is 0.477 e. The highest BCUT2D eigenvalue weighted by molar-refractivity contribution is 5.88. The van der Waals surface area contributed by atoms with Crippen molar-refractivity contribution in [3.05, 3.63) is 58.8 Å². The highest BCUT2D eigenvalue weighted by Crippen LogP contribution is 2.74. The van der Waals surface area contributed by atoms with Crippen LogP contribution in [0.15, 0.2) is 35.6 Å². The van der Waals surface area contributed by atoms with Crippen molar-refractivity contribution in [3.8, 4) is 11.9 Å². The van der Waals surface area contributed by atoms with Crippen LogP contribution < -0.4 is 4.74 Å². The van der Waals surface area contributed by atoms with Crippen LogP contribution in [-0.2, 0) is 4.79 Å². The zero-order chi connectivity index (χ0) is 21.8. The lowest BCUT2D eigenvalue weighted by Crippen LogP contribution is -2.69. The molecule has 2 aromatic rings. The first-order valence-corrected chi connectivity index (χ1v) is 10.1. The standard InChI is InChI=1S/C23H20F2N4O2/c1-14-4-15(8-26)9-27-20(14)31-13-22-10-23(11-22,12-22)21(30)29-19(2-3-28-29)16-5-17(24)7-18(25)6-16/h3-7,9,19H,2,10-13H2,1H3. The lowest BCUT2D eigenvalue weighted by Gasteiger charge is -2.69. The first kappa shape index (κ1) is 19.6. The van der Waals surface area contributed by atoms with E-state index >= 15 is 0 Å². The molecule has 1 atom stereocenters. The van der Waals surface area contributed by atoms with Gasteiger partial charge in [0, 0.05) is 35.9 Å². The van der Waals surface area contributed by atoms with Gasteiger partial charge in [0.2, 0.25) is 11.8 Å². The lowest BCUT2D eigenvalue weighted by atomic mass is 9.35. The Bertz CT molecular complexity index is 1120. The van der Waals surface area contributed by atoms with Gasteiger partial charge in [-0.05, 0) is 49.9 Å². The Morgan fingerprint density at radius 3 is 2.61 bits per heavy atom. The van der Waals surface area contributed by atoms with Crippen LogP contribution in [0.25, 0.3) is 0 Å². The highest BCUT2D eigenvalue weighted by Gasteiger charge is 2.73. The van der Waals surface area contributed by atoms with E-state index in [0.29, 0.717) is 49.3 Å². The number of pyridine rings is 1. The molecule has 1 unspecified atom stereocenters. The fourth-order valence-corrected chi connectivity index (χ4v) is 5.27. The summed E-state index contributed by atoms with van der Waals surface area (Å²) in [6.07, 6.45) is 5.63. The molecule has 6 nitrogen and oxygen atoms in total. The maximum Gasteiger partial charge on any atom is 0.249 e. The minimum Gasteiger partial charge on any atom is -0.477 e. The molecule has 3 aliphatic carbocycles. The minimum absolute atomic E-state index is 0.0540. The van der Waals surface area contributed by atoms with Gasteiger partial charge in [0.25, 0.3) is 0 Å². The summed E-state index contributed by atoms with van der Waals surface area (Å²) in [5.41, 5.74) is 1.17. The first-order chi connectivity index (χ1) is 14.8. The summed E-state index contributed by atoms with van der Waals surface area (Å²) in [4.78, 5) is 17.4. The number of benzene rings is 1. The van der Waals surface area contributed by atoms with E-state index in [0.717, 1.165) is 11.6 Å². The normalized spacial score (nSPS) is 27.9. The molecule has 158 valence electrons. The van der Waals surface area contributed by atoms with Crippen LogP contribution in [-0.4, -0.2) is 28.7 Å². The van der Waals surface area contributed by atoms with E-state index in [-0.39, 0.29) is 11.3 Å². The van der Waals surface area contributed by atoms with Crippen molar-refractivity contribution in [2.45, 2.75) is 38.6 Å². The Balaban J connectivity index is 1.23. The number of nitrogens with zero attached hydrogens (tertiary/aromatic N) is 4. The Hall–Kier alpha value is -3.34. The number of rotatable bonds is 5. The Morgan fingerprint density at radius 2 is 1.97 bits per heavy atom. The molecular formula is C23H20F2N4O2. The van der Waals surface area contributed by atoms with Crippen LogP contribution in [0.3, 0.4) is 0 Å². The van der Waals surface area contributed by atoms with E-state index in [9.17, 15) is 13.6 Å². The van der Waals surface area contributed by atoms with Gasteiger partial charge in [0.15, 0.2) is 0 Å². The van der Waals surface area contributed by atoms with Gasteiger partial charge in [0.05, 0.1) is 23.6 Å². The third kappa shape index (κ3) is 3.16. The summed E-state index contributed by atoms with van der Waals surface area (Å²) in [7, 11) is 0. The number of amides is 1. The lowest BCUT2D eigenvalue weighted by molar-refractivity contribution is -0.227. The fourth-order valence-electron chi connectivity index (χ4n) is 5.27. The van der Waals surface area contributed by atoms with E-state index in [1.165, 1.54) is 23.3 Å². The van der Waals surface area contributed by atoms with Gasteiger partial charge in [-0.25, -0.2) is 18.8 Å². The van der Waals surface area contributed by atoms with Gasteiger partial charge in [-0.1, -0.05) is 0 Å². The zero-order valence-electron chi connectivity index (χ0n) is 16.9. The summed E-state index contributed by atoms with van der Waals surface area (Å²) in [6, 6.07) is 6.63. The van der Waals surface area contributed by atoms with Crippen molar-refractivity contribution in [1.82, 2.24) is 9.99 Å². The predicted molar refractivity (Wildman–Crippen MR) is 107 cm³/mol. The number of aromatic nitrogens is 1. The SMILES string of the molecule is Cc1cc(C#N)cnc1OCC12CC(C(=O)N3N=CCC3c3cc(F)cc(F)c3)(C1)C2. The maximum absolute atomic E-state index is 13.7. The molecule has 31 heavy (non-hydrogen) atoms. The molecule has 6 rings (SSSR count). The van der Waals surface area contributed by atoms with Crippen molar-refractivity contribution >= 4 is 12.1 Å². The number of carbonyl (C=O) groups is 1. The molecule has 3 fully saturated rings. The van der Waals surface area contributed by atoms with Crippen LogP contribution in [0.2, 0.25) is 0 Å². The predicted octanol–water partition coefficient (Wildman–Crippen LogP) is 4.05. The molecule has 1 amide bonds. The van der Waals surface area contributed by atoms with Crippen molar-refractivity contribution in [1.29, 1.82) is 5.26 Å². The molecule has 8 heteroatoms. The topological polar surface area (TPSA) is 78.6 Å². The summed E-state index contributed by atoms with van der Waals surface area (Å²) in [5, 5.41) is 14.6. The number of aryl methyl sites for hydroxylation is 1. The van der Waals surface area contributed by atoms with Crippen molar-refractivity contribution in [3.63, 3.8) is 0 Å². The number of carbonyl (C=O) groups excluding carboxylic acids is 1. The van der Waals surface area contributed by atoms with E-state index in [1.54, 1.807) is 12.3 Å². The quantitative estimate of drug-likeness (QED) is 0.728. The molecule has 4 aliphatic rings. The molecule has 0 saturated heterocycles. The van der Waals surface area contributed by atoms with Crippen LogP contribution in [0, 0.1) is 40.7 Å². The number of hydrazone groups is 1. The second-order valence-electron chi connectivity index (χ2n) is 8.96. The average molecular weight is 422 g/mol. The van der Waals surface area contributed by atoms with Gasteiger partial charge in [-0.2, -0.15) is 10.4 Å². The fraction of sp³-hybridized carbons (Fsp3) is 0.391. The summed E-state index contributed by atoms with van der Waals surface area (Å²) >= 11 is 0. The van der Waals surface area contributed by atoms with Crippen LogP contribution in [0.4, 0.5) is 8.78 Å². The number of hydrogen-bond donors (Lipinski definition) is 0. The second kappa shape index (κ2) is 6.84. The minimum atomic E-state index is -0.664. The third-order valence-corrected chi connectivity index (χ3v) is 6.58. The molecule has 1 aromatic carbocycles. The molecule has 3 saturated carbocycles. The first-order valence-electron chi connectivity index (χ1n) is 10.1. The number of hydrogen-bond acceptors (Lipinski definition) is 5. The van der Waals surface area contributed by atoms with Gasteiger partial charge in [-0.3, -0.25) is 4.79 Å². The molecule has 2 heterocycles. The average Bonchev–Trinajstić information content (AvgIpc) is 3.15. The van der Waals surface area contributed by atoms with Crippen molar-refractivity contribution in [2.75, 3.05) is 6.61 Å². The molecule has 0 spiro atoms. The number of ether oxygens (including phenoxy) is 1. The van der Waals surface area contributed by atoms with Crippen LogP contribution in [0.5, 0.6) is 5.88 Å². The van der Waals surface area contributed by atoms with Gasteiger partial charge in [-0.15, -0.1) is 0 Å². The van der Waals surface area contributed by atoms with Crippen LogP contribution >= 0.6 is 0 Å². The molecule has 1 aromatic heterocycles. The van der Waals surface area contributed by atoms with E-state index in [1.807, 2.05) is 13.0 Å². The van der Waals surface area contributed by atoms with Crippen molar-refractivity contribution in [2.24, 2.45) is 15.9 Å². The zero-order valence-corrected chi connectivity index (χ0v) is 16.9. The smallest absolute Gasteiger partial charge is 0.249 e. The summed E-state index contributed by atoms with van der Waals surface area (Å²) < 4.78 is 33.2. The number of halogens is 2. The van der Waals surface area contributed by atoms with Crippen molar-refractivity contribution < 1.29 is 18.3 Å². The molecular weight excluding hydrogens is 402 g/mol. The molecule has 1 aliphatic heterocycles. The summed E-state index contributed by atoms with van der Waals surface area (Å²) in [6.45, 7) is 2.31. The summed E-state index contributed by atoms with van der Waals surface area (Å²) in [5.74, 6) is -0.919.